The van der Waals surface area contributed by atoms with Crippen molar-refractivity contribution in [2.75, 3.05) is 40.9 Å². The molecule has 1 heterocycles. The molecule has 0 radical (unpaired) electrons. The van der Waals surface area contributed by atoms with E-state index in [0.29, 0.717) is 19.2 Å². The number of ether oxygens (including phenoxy) is 2. The van der Waals surface area contributed by atoms with Gasteiger partial charge in [0.15, 0.2) is 0 Å². The Morgan fingerprint density at radius 3 is 2.73 bits per heavy atom. The van der Waals surface area contributed by atoms with E-state index in [4.69, 9.17) is 9.47 Å². The number of amides is 1. The number of hydrogen-bond acceptors (Lipinski definition) is 4. The van der Waals surface area contributed by atoms with Gasteiger partial charge in [-0.1, -0.05) is 30.3 Å². The number of carbonyl (C=O) groups excluding carboxylic acids is 1. The molecule has 1 fully saturated rings. The Morgan fingerprint density at radius 1 is 1.36 bits per heavy atom. The van der Waals surface area contributed by atoms with Gasteiger partial charge >= 0.3 is 0 Å². The van der Waals surface area contributed by atoms with Gasteiger partial charge in [-0.25, -0.2) is 0 Å². The van der Waals surface area contributed by atoms with Crippen molar-refractivity contribution in [3.63, 3.8) is 0 Å². The maximum atomic E-state index is 12.1. The predicted molar refractivity (Wildman–Crippen MR) is 85.6 cm³/mol. The van der Waals surface area contributed by atoms with Crippen molar-refractivity contribution < 1.29 is 14.3 Å². The molecule has 1 aromatic carbocycles. The van der Waals surface area contributed by atoms with Crippen LogP contribution in [0.4, 0.5) is 0 Å². The summed E-state index contributed by atoms with van der Waals surface area (Å²) in [6.07, 6.45) is 1.24. The number of carbonyl (C=O) groups is 1. The van der Waals surface area contributed by atoms with E-state index in [-0.39, 0.29) is 18.6 Å². The topological polar surface area (TPSA) is 42.0 Å². The summed E-state index contributed by atoms with van der Waals surface area (Å²) < 4.78 is 10.9. The zero-order valence-corrected chi connectivity index (χ0v) is 13.7. The van der Waals surface area contributed by atoms with Gasteiger partial charge in [-0.3, -0.25) is 9.69 Å². The summed E-state index contributed by atoms with van der Waals surface area (Å²) in [5.41, 5.74) is 1.08. The third-order valence-corrected chi connectivity index (χ3v) is 4.23. The first-order chi connectivity index (χ1) is 10.6. The van der Waals surface area contributed by atoms with Crippen molar-refractivity contribution in [3.8, 4) is 0 Å². The number of likely N-dealkylation sites (N-methyl/N-ethyl adjacent to an activating group) is 2. The molecule has 1 saturated heterocycles. The van der Waals surface area contributed by atoms with E-state index < -0.39 is 0 Å². The first-order valence-electron chi connectivity index (χ1n) is 7.68. The average Bonchev–Trinajstić information content (AvgIpc) is 2.88. The Morgan fingerprint density at radius 2 is 2.09 bits per heavy atom. The molecule has 5 heteroatoms. The monoisotopic (exact) mass is 306 g/mol. The van der Waals surface area contributed by atoms with Gasteiger partial charge in [0.05, 0.1) is 12.7 Å². The van der Waals surface area contributed by atoms with Gasteiger partial charge < -0.3 is 14.4 Å². The fourth-order valence-corrected chi connectivity index (χ4v) is 2.77. The molecule has 5 nitrogen and oxygen atoms in total. The van der Waals surface area contributed by atoms with Crippen LogP contribution in [0.5, 0.6) is 0 Å². The lowest BCUT2D eigenvalue weighted by Gasteiger charge is -2.25. The van der Waals surface area contributed by atoms with Crippen LogP contribution >= 0.6 is 0 Å². The van der Waals surface area contributed by atoms with E-state index in [1.165, 1.54) is 0 Å². The molecule has 0 unspecified atom stereocenters. The van der Waals surface area contributed by atoms with Crippen molar-refractivity contribution in [1.29, 1.82) is 0 Å². The molecule has 2 atom stereocenters. The zero-order chi connectivity index (χ0) is 15.9. The molecule has 2 rings (SSSR count). The Bertz CT molecular complexity index is 466. The molecule has 0 bridgehead atoms. The van der Waals surface area contributed by atoms with Gasteiger partial charge in [0.2, 0.25) is 5.91 Å². The third-order valence-electron chi connectivity index (χ3n) is 4.23. The molecule has 0 aliphatic carbocycles. The molecular weight excluding hydrogens is 280 g/mol. The van der Waals surface area contributed by atoms with Crippen molar-refractivity contribution >= 4 is 5.91 Å². The summed E-state index contributed by atoms with van der Waals surface area (Å²) in [5, 5.41) is 0. The predicted octanol–water partition coefficient (Wildman–Crippen LogP) is 1.38. The van der Waals surface area contributed by atoms with Gasteiger partial charge in [0.1, 0.15) is 6.61 Å². The van der Waals surface area contributed by atoms with Crippen LogP contribution in [0.25, 0.3) is 0 Å². The Balaban J connectivity index is 1.71. The van der Waals surface area contributed by atoms with Gasteiger partial charge in [-0.2, -0.15) is 0 Å². The van der Waals surface area contributed by atoms with Gasteiger partial charge in [-0.15, -0.1) is 0 Å². The molecule has 1 amide bonds. The molecule has 0 saturated carbocycles. The molecule has 22 heavy (non-hydrogen) atoms. The van der Waals surface area contributed by atoms with Crippen molar-refractivity contribution in [2.24, 2.45) is 0 Å². The van der Waals surface area contributed by atoms with Gasteiger partial charge in [-0.05, 0) is 19.0 Å². The van der Waals surface area contributed by atoms with Gasteiger partial charge in [0.25, 0.3) is 0 Å². The fraction of sp³-hybridized carbons (Fsp3) is 0.588. The number of nitrogens with zero attached hydrogens (tertiary/aromatic N) is 2. The maximum absolute atomic E-state index is 12.1. The second-order valence-electron chi connectivity index (χ2n) is 5.94. The number of rotatable bonds is 7. The number of hydrogen-bond donors (Lipinski definition) is 0. The highest BCUT2D eigenvalue weighted by atomic mass is 16.5. The minimum Gasteiger partial charge on any atom is -0.380 e. The Labute approximate surface area is 132 Å². The molecule has 0 spiro atoms. The minimum absolute atomic E-state index is 0.0187. The third kappa shape index (κ3) is 4.80. The molecule has 1 aromatic rings. The largest absolute Gasteiger partial charge is 0.380 e. The van der Waals surface area contributed by atoms with E-state index in [0.717, 1.165) is 18.5 Å². The van der Waals surface area contributed by atoms with E-state index in [9.17, 15) is 4.79 Å². The number of methoxy groups -OCH3 is 1. The lowest BCUT2D eigenvalue weighted by Crippen LogP contribution is -2.40. The van der Waals surface area contributed by atoms with E-state index in [1.807, 2.05) is 37.4 Å². The highest BCUT2D eigenvalue weighted by Gasteiger charge is 2.30. The highest BCUT2D eigenvalue weighted by molar-refractivity contribution is 5.77. The molecule has 1 aliphatic heterocycles. The van der Waals surface area contributed by atoms with Crippen molar-refractivity contribution in [3.05, 3.63) is 35.9 Å². The van der Waals surface area contributed by atoms with Crippen LogP contribution in [0.2, 0.25) is 0 Å². The molecule has 0 aromatic heterocycles. The van der Waals surface area contributed by atoms with E-state index in [1.54, 1.807) is 12.0 Å². The summed E-state index contributed by atoms with van der Waals surface area (Å²) in [6.45, 7) is 2.22. The molecular formula is C17H26N2O3. The highest BCUT2D eigenvalue weighted by Crippen LogP contribution is 2.18. The summed E-state index contributed by atoms with van der Waals surface area (Å²) in [5.74, 6) is 0.0187. The smallest absolute Gasteiger partial charge is 0.248 e. The quantitative estimate of drug-likeness (QED) is 0.763. The average molecular weight is 306 g/mol. The summed E-state index contributed by atoms with van der Waals surface area (Å²) in [6, 6.07) is 10.2. The number of benzene rings is 1. The van der Waals surface area contributed by atoms with Crippen LogP contribution in [0.1, 0.15) is 12.0 Å². The van der Waals surface area contributed by atoms with E-state index >= 15 is 0 Å². The first-order valence-corrected chi connectivity index (χ1v) is 7.68. The maximum Gasteiger partial charge on any atom is 0.248 e. The van der Waals surface area contributed by atoms with Crippen molar-refractivity contribution in [2.45, 2.75) is 25.2 Å². The minimum atomic E-state index is 0.0187. The van der Waals surface area contributed by atoms with Gasteiger partial charge in [0, 0.05) is 33.3 Å². The van der Waals surface area contributed by atoms with Crippen LogP contribution in [0.3, 0.4) is 0 Å². The van der Waals surface area contributed by atoms with Crippen LogP contribution in [-0.4, -0.2) is 68.8 Å². The summed E-state index contributed by atoms with van der Waals surface area (Å²) in [4.78, 5) is 16.1. The van der Waals surface area contributed by atoms with Crippen LogP contribution < -0.4 is 0 Å². The zero-order valence-electron chi connectivity index (χ0n) is 13.7. The summed E-state index contributed by atoms with van der Waals surface area (Å²) >= 11 is 0. The van der Waals surface area contributed by atoms with Crippen molar-refractivity contribution in [1.82, 2.24) is 9.80 Å². The lowest BCUT2D eigenvalue weighted by atomic mass is 10.2. The summed E-state index contributed by atoms with van der Waals surface area (Å²) in [7, 11) is 5.66. The second-order valence-corrected chi connectivity index (χ2v) is 5.94. The Kier molecular flexibility index (Phi) is 6.36. The SMILES string of the molecule is CO[C@H]1C[C@@H](CN(C)C(=O)COCc2ccccc2)N(C)C1. The molecule has 122 valence electrons. The molecule has 1 aliphatic rings. The fourth-order valence-electron chi connectivity index (χ4n) is 2.77. The second kappa shape index (κ2) is 8.27. The van der Waals surface area contributed by atoms with Crippen LogP contribution in [0.15, 0.2) is 30.3 Å². The standard InChI is InChI=1S/C17H26N2O3/c1-18-11-16(21-3)9-15(18)10-19(2)17(20)13-22-12-14-7-5-4-6-8-14/h4-8,15-16H,9-13H2,1-3H3/t15-,16-/m0/s1. The van der Waals surface area contributed by atoms with Crippen LogP contribution in [-0.2, 0) is 20.9 Å². The van der Waals surface area contributed by atoms with Crippen LogP contribution in [0, 0.1) is 0 Å². The lowest BCUT2D eigenvalue weighted by molar-refractivity contribution is -0.135. The normalized spacial score (nSPS) is 22.0. The Hall–Kier alpha value is -1.43. The first kappa shape index (κ1) is 16.9. The molecule has 0 N–H and O–H groups in total. The van der Waals surface area contributed by atoms with E-state index in [2.05, 4.69) is 11.9 Å². The number of likely N-dealkylation sites (tertiary alicyclic amines) is 1.